The van der Waals surface area contributed by atoms with E-state index in [0.29, 0.717) is 13.0 Å². The SMILES string of the molecule is CCOC(=O)CCCC/C=C(/c1ccc(COS(C)(=O)=O)cc1)c1cccnc1. The van der Waals surface area contributed by atoms with Gasteiger partial charge in [-0.05, 0) is 49.0 Å². The minimum atomic E-state index is -3.47. The lowest BCUT2D eigenvalue weighted by Crippen LogP contribution is -2.03. The minimum Gasteiger partial charge on any atom is -0.466 e. The molecule has 0 aliphatic rings. The van der Waals surface area contributed by atoms with Gasteiger partial charge in [0.25, 0.3) is 10.1 Å². The molecule has 0 aliphatic carbocycles. The fourth-order valence-corrected chi connectivity index (χ4v) is 3.12. The number of hydrogen-bond donors (Lipinski definition) is 0. The summed E-state index contributed by atoms with van der Waals surface area (Å²) in [6.45, 7) is 2.23. The van der Waals surface area contributed by atoms with E-state index in [1.165, 1.54) is 0 Å². The molecule has 156 valence electrons. The molecule has 7 heteroatoms. The zero-order valence-electron chi connectivity index (χ0n) is 16.8. The fourth-order valence-electron chi connectivity index (χ4n) is 2.77. The van der Waals surface area contributed by atoms with Gasteiger partial charge in [-0.3, -0.25) is 14.0 Å². The highest BCUT2D eigenvalue weighted by atomic mass is 32.2. The van der Waals surface area contributed by atoms with Gasteiger partial charge in [0.15, 0.2) is 0 Å². The van der Waals surface area contributed by atoms with Gasteiger partial charge in [0.2, 0.25) is 0 Å². The highest BCUT2D eigenvalue weighted by Gasteiger charge is 2.07. The quantitative estimate of drug-likeness (QED) is 0.311. The van der Waals surface area contributed by atoms with Crippen molar-refractivity contribution in [3.63, 3.8) is 0 Å². The second-order valence-corrected chi connectivity index (χ2v) is 8.22. The Hall–Kier alpha value is -2.51. The number of esters is 1. The Morgan fingerprint density at radius 1 is 1.10 bits per heavy atom. The molecule has 0 bridgehead atoms. The van der Waals surface area contributed by atoms with Crippen LogP contribution in [0.4, 0.5) is 0 Å². The van der Waals surface area contributed by atoms with Gasteiger partial charge < -0.3 is 4.74 Å². The van der Waals surface area contributed by atoms with Gasteiger partial charge in [-0.2, -0.15) is 8.42 Å². The van der Waals surface area contributed by atoms with Crippen LogP contribution in [0.5, 0.6) is 0 Å². The molecule has 2 aromatic rings. The van der Waals surface area contributed by atoms with Crippen LogP contribution in [-0.4, -0.2) is 32.2 Å². The fraction of sp³-hybridized carbons (Fsp3) is 0.364. The molecule has 1 aromatic heterocycles. The number of carbonyl (C=O) groups is 1. The van der Waals surface area contributed by atoms with Gasteiger partial charge in [0.05, 0.1) is 19.5 Å². The first-order valence-corrected chi connectivity index (χ1v) is 11.4. The van der Waals surface area contributed by atoms with Crippen molar-refractivity contribution < 1.29 is 22.1 Å². The van der Waals surface area contributed by atoms with E-state index < -0.39 is 10.1 Å². The predicted molar refractivity (Wildman–Crippen MR) is 112 cm³/mol. The number of unbranched alkanes of at least 4 members (excludes halogenated alkanes) is 2. The van der Waals surface area contributed by atoms with Crippen LogP contribution in [0.25, 0.3) is 5.57 Å². The summed E-state index contributed by atoms with van der Waals surface area (Å²) in [6.07, 6.45) is 9.62. The Labute approximate surface area is 172 Å². The van der Waals surface area contributed by atoms with Gasteiger partial charge >= 0.3 is 5.97 Å². The zero-order chi connectivity index (χ0) is 21.1. The number of allylic oxidation sites excluding steroid dienone is 1. The van der Waals surface area contributed by atoms with Crippen molar-refractivity contribution in [3.8, 4) is 0 Å². The van der Waals surface area contributed by atoms with E-state index >= 15 is 0 Å². The summed E-state index contributed by atoms with van der Waals surface area (Å²) in [5.41, 5.74) is 3.83. The molecule has 6 nitrogen and oxygen atoms in total. The average Bonchev–Trinajstić information content (AvgIpc) is 2.70. The van der Waals surface area contributed by atoms with Crippen molar-refractivity contribution in [2.45, 2.75) is 39.2 Å². The summed E-state index contributed by atoms with van der Waals surface area (Å²) in [5, 5.41) is 0. The Kier molecular flexibility index (Phi) is 9.02. The van der Waals surface area contributed by atoms with E-state index in [1.807, 2.05) is 42.6 Å². The molecule has 0 amide bonds. The number of nitrogens with zero attached hydrogens (tertiary/aromatic N) is 1. The van der Waals surface area contributed by atoms with Gasteiger partial charge in [-0.1, -0.05) is 36.4 Å². The van der Waals surface area contributed by atoms with Crippen molar-refractivity contribution in [1.82, 2.24) is 4.98 Å². The lowest BCUT2D eigenvalue weighted by Gasteiger charge is -2.10. The van der Waals surface area contributed by atoms with Crippen molar-refractivity contribution >= 4 is 21.7 Å². The van der Waals surface area contributed by atoms with Gasteiger partial charge in [0.1, 0.15) is 0 Å². The van der Waals surface area contributed by atoms with Crippen molar-refractivity contribution in [2.24, 2.45) is 0 Å². The highest BCUT2D eigenvalue weighted by molar-refractivity contribution is 7.85. The number of aromatic nitrogens is 1. The second-order valence-electron chi connectivity index (χ2n) is 6.57. The molecular formula is C22H27NO5S. The van der Waals surface area contributed by atoms with Crippen LogP contribution in [0.15, 0.2) is 54.9 Å². The van der Waals surface area contributed by atoms with E-state index in [9.17, 15) is 13.2 Å². The molecule has 29 heavy (non-hydrogen) atoms. The Balaban J connectivity index is 2.07. The van der Waals surface area contributed by atoms with E-state index in [1.54, 1.807) is 13.1 Å². The van der Waals surface area contributed by atoms with Crippen molar-refractivity contribution in [3.05, 3.63) is 71.6 Å². The summed E-state index contributed by atoms with van der Waals surface area (Å²) >= 11 is 0. The number of hydrogen-bond acceptors (Lipinski definition) is 6. The monoisotopic (exact) mass is 417 g/mol. The minimum absolute atomic E-state index is 0.0128. The standard InChI is InChI=1S/C22H27NO5S/c1-3-27-22(24)10-6-4-5-9-21(20-8-7-15-23-16-20)19-13-11-18(12-14-19)17-28-29(2,25)26/h7-9,11-16H,3-6,10,17H2,1-2H3/b21-9-. The third kappa shape index (κ3) is 8.58. The maximum Gasteiger partial charge on any atom is 0.305 e. The first-order valence-electron chi connectivity index (χ1n) is 9.59. The summed E-state index contributed by atoms with van der Waals surface area (Å²) in [4.78, 5) is 15.6. The third-order valence-corrected chi connectivity index (χ3v) is 4.71. The average molecular weight is 418 g/mol. The van der Waals surface area contributed by atoms with Crippen LogP contribution in [-0.2, 0) is 30.4 Å². The van der Waals surface area contributed by atoms with Crippen LogP contribution >= 0.6 is 0 Å². The van der Waals surface area contributed by atoms with Crippen LogP contribution < -0.4 is 0 Å². The second kappa shape index (κ2) is 11.5. The molecule has 0 unspecified atom stereocenters. The number of benzene rings is 1. The maximum atomic E-state index is 11.4. The molecule has 0 radical (unpaired) electrons. The number of ether oxygens (including phenoxy) is 1. The van der Waals surface area contributed by atoms with E-state index in [4.69, 9.17) is 8.92 Å². The van der Waals surface area contributed by atoms with E-state index in [0.717, 1.165) is 47.8 Å². The first kappa shape index (κ1) is 22.8. The molecule has 0 N–H and O–H groups in total. The third-order valence-electron chi connectivity index (χ3n) is 4.17. The normalized spacial score (nSPS) is 12.0. The summed E-state index contributed by atoms with van der Waals surface area (Å²) < 4.78 is 32.1. The Bertz CT molecular complexity index is 906. The lowest BCUT2D eigenvalue weighted by atomic mass is 9.96. The van der Waals surface area contributed by atoms with Crippen LogP contribution in [0.3, 0.4) is 0 Å². The summed E-state index contributed by atoms with van der Waals surface area (Å²) in [5.74, 6) is -0.157. The topological polar surface area (TPSA) is 82.6 Å². The van der Waals surface area contributed by atoms with Gasteiger partial charge in [-0.25, -0.2) is 0 Å². The number of carbonyl (C=O) groups excluding carboxylic acids is 1. The largest absolute Gasteiger partial charge is 0.466 e. The predicted octanol–water partition coefficient (Wildman–Crippen LogP) is 4.11. The molecule has 0 saturated carbocycles. The molecule has 1 aromatic carbocycles. The van der Waals surface area contributed by atoms with Crippen molar-refractivity contribution in [1.29, 1.82) is 0 Å². The van der Waals surface area contributed by atoms with E-state index in [2.05, 4.69) is 11.1 Å². The zero-order valence-corrected chi connectivity index (χ0v) is 17.7. The van der Waals surface area contributed by atoms with Crippen LogP contribution in [0, 0.1) is 0 Å². The molecule has 0 fully saturated rings. The van der Waals surface area contributed by atoms with Gasteiger partial charge in [-0.15, -0.1) is 0 Å². The summed E-state index contributed by atoms with van der Waals surface area (Å²) in [6, 6.07) is 11.5. The molecule has 0 aliphatic heterocycles. The molecule has 0 spiro atoms. The number of pyridine rings is 1. The molecule has 2 rings (SSSR count). The first-order chi connectivity index (χ1) is 13.9. The van der Waals surface area contributed by atoms with Crippen LogP contribution in [0.1, 0.15) is 49.3 Å². The molecule has 0 atom stereocenters. The molecule has 1 heterocycles. The van der Waals surface area contributed by atoms with Crippen LogP contribution in [0.2, 0.25) is 0 Å². The molecular weight excluding hydrogens is 390 g/mol. The Morgan fingerprint density at radius 3 is 2.48 bits per heavy atom. The number of rotatable bonds is 11. The summed E-state index contributed by atoms with van der Waals surface area (Å²) in [7, 11) is -3.47. The molecule has 0 saturated heterocycles. The van der Waals surface area contributed by atoms with E-state index in [-0.39, 0.29) is 12.6 Å². The smallest absolute Gasteiger partial charge is 0.305 e. The van der Waals surface area contributed by atoms with Crippen molar-refractivity contribution in [2.75, 3.05) is 12.9 Å². The maximum absolute atomic E-state index is 11.4. The Morgan fingerprint density at radius 2 is 1.86 bits per heavy atom. The highest BCUT2D eigenvalue weighted by Crippen LogP contribution is 2.24. The lowest BCUT2D eigenvalue weighted by molar-refractivity contribution is -0.143. The van der Waals surface area contributed by atoms with Gasteiger partial charge in [0, 0.05) is 24.4 Å².